The van der Waals surface area contributed by atoms with Gasteiger partial charge in [-0.15, -0.1) is 0 Å². The molecule has 0 aromatic heterocycles. The van der Waals surface area contributed by atoms with Crippen molar-refractivity contribution in [3.8, 4) is 0 Å². The van der Waals surface area contributed by atoms with E-state index in [1.165, 1.54) is 0 Å². The Kier molecular flexibility index (Phi) is 2.93. The molecule has 4 nitrogen and oxygen atoms in total. The highest BCUT2D eigenvalue weighted by molar-refractivity contribution is 6.03. The Morgan fingerprint density at radius 2 is 2.38 bits per heavy atom. The minimum absolute atomic E-state index is 0.0526. The molecule has 0 aliphatic carbocycles. The van der Waals surface area contributed by atoms with Gasteiger partial charge in [0.1, 0.15) is 5.60 Å². The van der Waals surface area contributed by atoms with E-state index in [4.69, 9.17) is 15.6 Å². The highest BCUT2D eigenvalue weighted by Crippen LogP contribution is 2.26. The minimum atomic E-state index is -0.404. The van der Waals surface area contributed by atoms with Crippen LogP contribution in [0.25, 0.3) is 0 Å². The Balaban J connectivity index is 2.80. The largest absolute Gasteiger partial charge is 0.467 e. The predicted molar refractivity (Wildman–Crippen MR) is 51.4 cm³/mol. The molecule has 0 bridgehead atoms. The Morgan fingerprint density at radius 3 is 2.92 bits per heavy atom. The van der Waals surface area contributed by atoms with Crippen molar-refractivity contribution in [3.05, 3.63) is 12.0 Å². The fourth-order valence-corrected chi connectivity index (χ4v) is 1.27. The van der Waals surface area contributed by atoms with Crippen LogP contribution < -0.4 is 5.73 Å². The van der Waals surface area contributed by atoms with E-state index in [1.807, 2.05) is 13.8 Å². The van der Waals surface area contributed by atoms with Crippen molar-refractivity contribution < 1.29 is 9.84 Å². The van der Waals surface area contributed by atoms with Gasteiger partial charge in [-0.2, -0.15) is 0 Å². The van der Waals surface area contributed by atoms with Gasteiger partial charge in [-0.05, 0) is 13.3 Å². The van der Waals surface area contributed by atoms with E-state index in [-0.39, 0.29) is 6.61 Å². The van der Waals surface area contributed by atoms with E-state index >= 15 is 0 Å². The molecule has 0 saturated heterocycles. The third-order valence-electron chi connectivity index (χ3n) is 2.22. The maximum Gasteiger partial charge on any atom is 0.187 e. The van der Waals surface area contributed by atoms with Gasteiger partial charge < -0.3 is 15.6 Å². The first kappa shape index (κ1) is 10.1. The summed E-state index contributed by atoms with van der Waals surface area (Å²) in [6.45, 7) is 4.41. The van der Waals surface area contributed by atoms with Crippen LogP contribution in [0.1, 0.15) is 20.3 Å². The smallest absolute Gasteiger partial charge is 0.187 e. The normalized spacial score (nSPS) is 30.4. The lowest BCUT2D eigenvalue weighted by Crippen LogP contribution is -2.32. The monoisotopic (exact) mass is 184 g/mol. The Labute approximate surface area is 78.1 Å². The maximum atomic E-state index is 8.64. The van der Waals surface area contributed by atoms with Gasteiger partial charge in [0.25, 0.3) is 0 Å². The minimum Gasteiger partial charge on any atom is -0.467 e. The summed E-state index contributed by atoms with van der Waals surface area (Å²) in [4.78, 5) is 4.20. The number of aliphatic imine (C=N–C) groups is 1. The zero-order chi connectivity index (χ0) is 9.90. The summed E-state index contributed by atoms with van der Waals surface area (Å²) in [5, 5.41) is 8.64. The molecule has 1 atom stereocenters. The molecule has 0 aromatic carbocycles. The fourth-order valence-electron chi connectivity index (χ4n) is 1.27. The van der Waals surface area contributed by atoms with Gasteiger partial charge in [0.15, 0.2) is 5.88 Å². The summed E-state index contributed by atoms with van der Waals surface area (Å²) >= 11 is 0. The summed E-state index contributed by atoms with van der Waals surface area (Å²) in [5.74, 6) is 0.404. The van der Waals surface area contributed by atoms with E-state index in [2.05, 4.69) is 4.99 Å². The van der Waals surface area contributed by atoms with Crippen molar-refractivity contribution in [2.45, 2.75) is 25.9 Å². The number of hydrogen-bond donors (Lipinski definition) is 2. The molecule has 1 aliphatic rings. The standard InChI is InChI=1S/C9H16N2O2/c1-3-9(2)7(11-4-5-12)6-8(10)13-9/h6,12H,3-5,10H2,1-2H3. The highest BCUT2D eigenvalue weighted by Gasteiger charge is 2.35. The molecule has 13 heavy (non-hydrogen) atoms. The molecular formula is C9H16N2O2. The summed E-state index contributed by atoms with van der Waals surface area (Å²) in [5.41, 5.74) is 5.96. The average molecular weight is 184 g/mol. The number of aliphatic hydroxyl groups is 1. The summed E-state index contributed by atoms with van der Waals surface area (Å²) in [6.07, 6.45) is 2.54. The molecule has 1 heterocycles. The van der Waals surface area contributed by atoms with Crippen LogP contribution in [0.2, 0.25) is 0 Å². The van der Waals surface area contributed by atoms with Gasteiger partial charge in [-0.3, -0.25) is 4.99 Å². The average Bonchev–Trinajstić information content (AvgIpc) is 2.39. The van der Waals surface area contributed by atoms with Gasteiger partial charge in [0, 0.05) is 6.08 Å². The summed E-state index contributed by atoms with van der Waals surface area (Å²) < 4.78 is 5.43. The quantitative estimate of drug-likeness (QED) is 0.668. The molecule has 0 aromatic rings. The molecule has 1 aliphatic heterocycles. The fraction of sp³-hybridized carbons (Fsp3) is 0.667. The second-order valence-electron chi connectivity index (χ2n) is 3.22. The maximum absolute atomic E-state index is 8.64. The van der Waals surface area contributed by atoms with Crippen molar-refractivity contribution in [3.63, 3.8) is 0 Å². The highest BCUT2D eigenvalue weighted by atomic mass is 16.5. The first-order valence-electron chi connectivity index (χ1n) is 4.44. The van der Waals surface area contributed by atoms with Crippen LogP contribution in [-0.2, 0) is 4.74 Å². The topological polar surface area (TPSA) is 67.8 Å². The van der Waals surface area contributed by atoms with Crippen molar-refractivity contribution in [2.24, 2.45) is 10.7 Å². The predicted octanol–water partition coefficient (Wildman–Crippen LogP) is 0.419. The molecule has 4 heteroatoms. The van der Waals surface area contributed by atoms with E-state index in [0.29, 0.717) is 12.4 Å². The number of aliphatic hydroxyl groups excluding tert-OH is 1. The van der Waals surface area contributed by atoms with Crippen molar-refractivity contribution in [1.82, 2.24) is 0 Å². The molecular weight excluding hydrogens is 168 g/mol. The molecule has 1 rings (SSSR count). The van der Waals surface area contributed by atoms with Crippen molar-refractivity contribution in [2.75, 3.05) is 13.2 Å². The van der Waals surface area contributed by atoms with Gasteiger partial charge >= 0.3 is 0 Å². The van der Waals surface area contributed by atoms with Gasteiger partial charge in [0.05, 0.1) is 18.9 Å². The van der Waals surface area contributed by atoms with Crippen LogP contribution in [-0.4, -0.2) is 29.6 Å². The zero-order valence-electron chi connectivity index (χ0n) is 8.08. The molecule has 0 spiro atoms. The molecule has 0 fully saturated rings. The summed E-state index contributed by atoms with van der Waals surface area (Å²) in [7, 11) is 0. The molecule has 0 radical (unpaired) electrons. The van der Waals surface area contributed by atoms with Crippen LogP contribution in [0.15, 0.2) is 17.0 Å². The number of nitrogens with two attached hydrogens (primary N) is 1. The van der Waals surface area contributed by atoms with E-state index in [1.54, 1.807) is 6.08 Å². The number of ether oxygens (including phenoxy) is 1. The van der Waals surface area contributed by atoms with E-state index in [9.17, 15) is 0 Å². The SMILES string of the molecule is CCC1(C)OC(N)=CC1=NCCO. The molecule has 74 valence electrons. The van der Waals surface area contributed by atoms with E-state index < -0.39 is 5.60 Å². The lowest BCUT2D eigenvalue weighted by Gasteiger charge is -2.23. The Morgan fingerprint density at radius 1 is 1.69 bits per heavy atom. The first-order chi connectivity index (χ1) is 6.12. The lowest BCUT2D eigenvalue weighted by atomic mass is 9.98. The van der Waals surface area contributed by atoms with Gasteiger partial charge in [-0.1, -0.05) is 6.92 Å². The lowest BCUT2D eigenvalue weighted by molar-refractivity contribution is 0.0869. The van der Waals surface area contributed by atoms with Gasteiger partial charge in [-0.25, -0.2) is 0 Å². The first-order valence-corrected chi connectivity index (χ1v) is 4.44. The second kappa shape index (κ2) is 3.79. The second-order valence-corrected chi connectivity index (χ2v) is 3.22. The third kappa shape index (κ3) is 2.01. The molecule has 0 amide bonds. The Bertz CT molecular complexity index is 248. The number of rotatable bonds is 3. The van der Waals surface area contributed by atoms with Crippen LogP contribution in [0, 0.1) is 0 Å². The van der Waals surface area contributed by atoms with Crippen LogP contribution >= 0.6 is 0 Å². The van der Waals surface area contributed by atoms with Crippen LogP contribution in [0.3, 0.4) is 0 Å². The summed E-state index contributed by atoms with van der Waals surface area (Å²) in [6, 6.07) is 0. The van der Waals surface area contributed by atoms with E-state index in [0.717, 1.165) is 12.1 Å². The third-order valence-corrected chi connectivity index (χ3v) is 2.22. The molecule has 0 saturated carbocycles. The number of hydrogen-bond acceptors (Lipinski definition) is 4. The molecule has 1 unspecified atom stereocenters. The van der Waals surface area contributed by atoms with Crippen molar-refractivity contribution in [1.29, 1.82) is 0 Å². The van der Waals surface area contributed by atoms with Gasteiger partial charge in [0.2, 0.25) is 0 Å². The zero-order valence-corrected chi connectivity index (χ0v) is 8.08. The number of nitrogens with zero attached hydrogens (tertiary/aromatic N) is 1. The van der Waals surface area contributed by atoms with Crippen molar-refractivity contribution >= 4 is 5.71 Å². The Hall–Kier alpha value is -1.03. The molecule has 3 N–H and O–H groups in total. The van der Waals surface area contributed by atoms with Crippen LogP contribution in [0.4, 0.5) is 0 Å². The van der Waals surface area contributed by atoms with Crippen LogP contribution in [0.5, 0.6) is 0 Å².